The van der Waals surface area contributed by atoms with Crippen molar-refractivity contribution in [1.82, 2.24) is 19.9 Å². The highest BCUT2D eigenvalue weighted by Gasteiger charge is 2.45. The Hall–Kier alpha value is -3.32. The van der Waals surface area contributed by atoms with E-state index in [1.54, 1.807) is 0 Å². The molecule has 2 aromatic carbocycles. The minimum absolute atomic E-state index is 0.0762. The molecule has 0 N–H and O–H groups in total. The van der Waals surface area contributed by atoms with Gasteiger partial charge in [0.1, 0.15) is 23.6 Å². The highest BCUT2D eigenvalue weighted by atomic mass is 19.1. The molecule has 0 spiro atoms. The van der Waals surface area contributed by atoms with E-state index in [4.69, 9.17) is 19.7 Å². The molecule has 6 nitrogen and oxygen atoms in total. The second kappa shape index (κ2) is 9.60. The zero-order valence-electron chi connectivity index (χ0n) is 24.2. The van der Waals surface area contributed by atoms with E-state index in [1.807, 2.05) is 18.3 Å². The summed E-state index contributed by atoms with van der Waals surface area (Å²) in [5.41, 5.74) is 2.92. The first-order valence-corrected chi connectivity index (χ1v) is 16.2. The van der Waals surface area contributed by atoms with Crippen LogP contribution >= 0.6 is 0 Å². The summed E-state index contributed by atoms with van der Waals surface area (Å²) in [5.74, 6) is 2.31. The second-order valence-corrected chi connectivity index (χ2v) is 13.7. The number of pyridine rings is 1. The van der Waals surface area contributed by atoms with Gasteiger partial charge >= 0.3 is 6.01 Å². The molecule has 9 rings (SSSR count). The van der Waals surface area contributed by atoms with E-state index in [2.05, 4.69) is 34.1 Å². The molecule has 5 heterocycles. The van der Waals surface area contributed by atoms with Crippen LogP contribution in [0.3, 0.4) is 0 Å². The van der Waals surface area contributed by atoms with Crippen LogP contribution in [0.4, 0.5) is 10.2 Å². The summed E-state index contributed by atoms with van der Waals surface area (Å²) < 4.78 is 23.3. The second-order valence-electron chi connectivity index (χ2n) is 13.7. The van der Waals surface area contributed by atoms with Gasteiger partial charge < -0.3 is 9.64 Å². The molecule has 2 aromatic heterocycles. The van der Waals surface area contributed by atoms with Crippen LogP contribution in [0.25, 0.3) is 32.9 Å². The van der Waals surface area contributed by atoms with Gasteiger partial charge in [-0.15, -0.1) is 0 Å². The number of anilines is 1. The van der Waals surface area contributed by atoms with Crippen molar-refractivity contribution in [3.05, 3.63) is 54.0 Å². The molecule has 3 aliphatic heterocycles. The van der Waals surface area contributed by atoms with Gasteiger partial charge in [0, 0.05) is 24.8 Å². The molecule has 5 fully saturated rings. The van der Waals surface area contributed by atoms with Crippen molar-refractivity contribution in [2.24, 2.45) is 11.8 Å². The maximum atomic E-state index is 16.8. The van der Waals surface area contributed by atoms with Crippen molar-refractivity contribution in [2.45, 2.75) is 69.2 Å². The standard InChI is InChI=1S/C35H38FN5O/c36-30-31(27-8-2-6-25-5-1-7-26(29(25)27)24-11-12-24)37-18-28-32(30)38-34(42-21-35-13-3-15-41(35)16-4-14-35)39-33(28)40-19-22-9-10-23(17-22)20-40/h1-2,5-8,18,22-24H,3-4,9-17,19-21H2. The van der Waals surface area contributed by atoms with Crippen LogP contribution in [-0.4, -0.2) is 58.2 Å². The fourth-order valence-corrected chi connectivity index (χ4v) is 8.86. The summed E-state index contributed by atoms with van der Waals surface area (Å²) in [6.07, 6.45) is 12.7. The molecule has 2 saturated carbocycles. The Kier molecular flexibility index (Phi) is 5.76. The summed E-state index contributed by atoms with van der Waals surface area (Å²) in [6, 6.07) is 12.9. The number of benzene rings is 2. The molecule has 2 atom stereocenters. The number of hydrogen-bond acceptors (Lipinski definition) is 6. The zero-order chi connectivity index (χ0) is 27.8. The van der Waals surface area contributed by atoms with Gasteiger partial charge in [-0.05, 0) is 105 Å². The number of piperidine rings is 1. The normalized spacial score (nSPS) is 25.0. The number of ether oxygens (including phenoxy) is 1. The summed E-state index contributed by atoms with van der Waals surface area (Å²) >= 11 is 0. The summed E-state index contributed by atoms with van der Waals surface area (Å²) in [6.45, 7) is 4.76. The maximum Gasteiger partial charge on any atom is 0.319 e. The number of hydrogen-bond donors (Lipinski definition) is 0. The minimum atomic E-state index is -0.374. The Labute approximate surface area is 246 Å². The largest absolute Gasteiger partial charge is 0.461 e. The number of aromatic nitrogens is 3. The van der Waals surface area contributed by atoms with Crippen LogP contribution < -0.4 is 9.64 Å². The molecule has 2 bridgehead atoms. The van der Waals surface area contributed by atoms with Crippen molar-refractivity contribution in [3.63, 3.8) is 0 Å². The quantitative estimate of drug-likeness (QED) is 0.249. The number of rotatable bonds is 6. The van der Waals surface area contributed by atoms with Crippen molar-refractivity contribution in [1.29, 1.82) is 0 Å². The SMILES string of the molecule is Fc1c(-c2cccc3cccc(C4CC4)c23)ncc2c(N3CC4CCC(C4)C3)nc(OCC34CCCN3CCC4)nc12. The molecule has 7 heteroatoms. The smallest absolute Gasteiger partial charge is 0.319 e. The van der Waals surface area contributed by atoms with Gasteiger partial charge in [-0.1, -0.05) is 36.4 Å². The van der Waals surface area contributed by atoms with Crippen molar-refractivity contribution < 1.29 is 9.13 Å². The minimum Gasteiger partial charge on any atom is -0.461 e. The van der Waals surface area contributed by atoms with E-state index in [-0.39, 0.29) is 11.4 Å². The molecule has 3 saturated heterocycles. The van der Waals surface area contributed by atoms with E-state index in [9.17, 15) is 0 Å². The Morgan fingerprint density at radius 3 is 2.45 bits per heavy atom. The first kappa shape index (κ1) is 25.2. The lowest BCUT2D eigenvalue weighted by molar-refractivity contribution is 0.108. The van der Waals surface area contributed by atoms with Crippen LogP contribution in [0, 0.1) is 17.7 Å². The fourth-order valence-electron chi connectivity index (χ4n) is 8.86. The van der Waals surface area contributed by atoms with Crippen LogP contribution in [-0.2, 0) is 0 Å². The predicted molar refractivity (Wildman–Crippen MR) is 164 cm³/mol. The highest BCUT2D eigenvalue weighted by molar-refractivity contribution is 6.01. The summed E-state index contributed by atoms with van der Waals surface area (Å²) in [4.78, 5) is 19.6. The molecule has 2 unspecified atom stereocenters. The molecule has 0 amide bonds. The first-order chi connectivity index (χ1) is 20.6. The Morgan fingerprint density at radius 2 is 1.69 bits per heavy atom. The Bertz CT molecular complexity index is 1680. The van der Waals surface area contributed by atoms with E-state index in [0.717, 1.165) is 61.2 Å². The number of halogens is 1. The Morgan fingerprint density at radius 1 is 0.929 bits per heavy atom. The van der Waals surface area contributed by atoms with Gasteiger partial charge in [0.25, 0.3) is 0 Å². The van der Waals surface area contributed by atoms with Gasteiger partial charge in [0.15, 0.2) is 5.82 Å². The van der Waals surface area contributed by atoms with Gasteiger partial charge in [-0.2, -0.15) is 9.97 Å². The molecular formula is C35H38FN5O. The van der Waals surface area contributed by atoms with Crippen LogP contribution in [0.1, 0.15) is 69.3 Å². The lowest BCUT2D eigenvalue weighted by atomic mass is 9.94. The molecule has 216 valence electrons. The van der Waals surface area contributed by atoms with Gasteiger partial charge in [-0.3, -0.25) is 9.88 Å². The van der Waals surface area contributed by atoms with Crippen molar-refractivity contribution >= 4 is 27.5 Å². The average Bonchev–Trinajstić information content (AvgIpc) is 3.54. The maximum absolute atomic E-state index is 16.8. The van der Waals surface area contributed by atoms with E-state index in [1.165, 1.54) is 50.5 Å². The van der Waals surface area contributed by atoms with Crippen molar-refractivity contribution in [2.75, 3.05) is 37.7 Å². The molecular weight excluding hydrogens is 525 g/mol. The molecule has 5 aliphatic rings. The lowest BCUT2D eigenvalue weighted by Gasteiger charge is -2.34. The topological polar surface area (TPSA) is 54.4 Å². The third-order valence-electron chi connectivity index (χ3n) is 11.0. The third kappa shape index (κ3) is 4.03. The summed E-state index contributed by atoms with van der Waals surface area (Å²) in [7, 11) is 0. The van der Waals surface area contributed by atoms with Gasteiger partial charge in [0.05, 0.1) is 10.9 Å². The van der Waals surface area contributed by atoms with Crippen LogP contribution in [0.2, 0.25) is 0 Å². The zero-order valence-corrected chi connectivity index (χ0v) is 24.2. The predicted octanol–water partition coefficient (Wildman–Crippen LogP) is 7.11. The van der Waals surface area contributed by atoms with Gasteiger partial charge in [-0.25, -0.2) is 4.39 Å². The lowest BCUT2D eigenvalue weighted by Crippen LogP contribution is -2.43. The van der Waals surface area contributed by atoms with E-state index in [0.29, 0.717) is 47.0 Å². The first-order valence-electron chi connectivity index (χ1n) is 16.2. The average molecular weight is 564 g/mol. The van der Waals surface area contributed by atoms with Crippen molar-refractivity contribution in [3.8, 4) is 17.3 Å². The van der Waals surface area contributed by atoms with E-state index < -0.39 is 0 Å². The molecule has 4 aromatic rings. The van der Waals surface area contributed by atoms with Crippen LogP contribution in [0.5, 0.6) is 6.01 Å². The number of nitrogens with zero attached hydrogens (tertiary/aromatic N) is 5. The monoisotopic (exact) mass is 563 g/mol. The van der Waals surface area contributed by atoms with E-state index >= 15 is 4.39 Å². The van der Waals surface area contributed by atoms with Gasteiger partial charge in [0.2, 0.25) is 0 Å². The molecule has 42 heavy (non-hydrogen) atoms. The molecule has 2 aliphatic carbocycles. The summed E-state index contributed by atoms with van der Waals surface area (Å²) in [5, 5.41) is 2.94. The van der Waals surface area contributed by atoms with Crippen LogP contribution in [0.15, 0.2) is 42.6 Å². The Balaban J connectivity index is 1.18. The molecule has 0 radical (unpaired) electrons. The fraction of sp³-hybridized carbons (Fsp3) is 0.514. The number of fused-ring (bicyclic) bond motifs is 5. The highest BCUT2D eigenvalue weighted by Crippen LogP contribution is 2.46. The third-order valence-corrected chi connectivity index (χ3v) is 11.0.